The summed E-state index contributed by atoms with van der Waals surface area (Å²) in [6, 6.07) is 5.68. The first-order valence-corrected chi connectivity index (χ1v) is 6.94. The maximum Gasteiger partial charge on any atom is 0.258 e. The van der Waals surface area contributed by atoms with E-state index in [1.54, 1.807) is 13.2 Å². The van der Waals surface area contributed by atoms with Crippen LogP contribution in [-0.2, 0) is 11.3 Å². The number of hydrogen-bond acceptors (Lipinski definition) is 4. The number of ether oxygens (including phenoxy) is 2. The van der Waals surface area contributed by atoms with E-state index in [9.17, 15) is 4.79 Å². The van der Waals surface area contributed by atoms with Crippen molar-refractivity contribution in [2.75, 3.05) is 13.7 Å². The van der Waals surface area contributed by atoms with Gasteiger partial charge in [0.2, 0.25) is 0 Å². The Morgan fingerprint density at radius 1 is 1.35 bits per heavy atom. The summed E-state index contributed by atoms with van der Waals surface area (Å²) in [6.45, 7) is 4.38. The van der Waals surface area contributed by atoms with Crippen molar-refractivity contribution in [3.63, 3.8) is 0 Å². The standard InChI is InChI=1S/C15H24N2O3/c1-4-12(5-2)17-14(18)10-20-15-11(9-16)7-6-8-13(15)19-3/h6-8,12H,4-5,9-10,16H2,1-3H3,(H,17,18). The highest BCUT2D eigenvalue weighted by Gasteiger charge is 2.13. The Morgan fingerprint density at radius 3 is 2.60 bits per heavy atom. The van der Waals surface area contributed by atoms with Crippen LogP contribution in [0, 0.1) is 0 Å². The van der Waals surface area contributed by atoms with Gasteiger partial charge >= 0.3 is 0 Å². The van der Waals surface area contributed by atoms with Gasteiger partial charge < -0.3 is 20.5 Å². The summed E-state index contributed by atoms with van der Waals surface area (Å²) in [5, 5.41) is 2.93. The van der Waals surface area contributed by atoms with Crippen molar-refractivity contribution >= 4 is 5.91 Å². The van der Waals surface area contributed by atoms with Gasteiger partial charge in [0.25, 0.3) is 5.91 Å². The molecular weight excluding hydrogens is 256 g/mol. The fourth-order valence-corrected chi connectivity index (χ4v) is 1.95. The van der Waals surface area contributed by atoms with Crippen molar-refractivity contribution in [2.24, 2.45) is 5.73 Å². The van der Waals surface area contributed by atoms with Gasteiger partial charge in [-0.05, 0) is 18.9 Å². The Bertz CT molecular complexity index is 409. The van der Waals surface area contributed by atoms with Crippen LogP contribution < -0.4 is 20.5 Å². The Kier molecular flexibility index (Phi) is 6.87. The van der Waals surface area contributed by atoms with Crippen molar-refractivity contribution in [3.05, 3.63) is 23.8 Å². The van der Waals surface area contributed by atoms with Gasteiger partial charge in [-0.15, -0.1) is 0 Å². The lowest BCUT2D eigenvalue weighted by Gasteiger charge is -2.17. The largest absolute Gasteiger partial charge is 0.493 e. The zero-order chi connectivity index (χ0) is 15.0. The van der Waals surface area contributed by atoms with Crippen LogP contribution in [0.25, 0.3) is 0 Å². The highest BCUT2D eigenvalue weighted by molar-refractivity contribution is 5.78. The number of para-hydroxylation sites is 1. The molecule has 0 saturated heterocycles. The van der Waals surface area contributed by atoms with E-state index in [4.69, 9.17) is 15.2 Å². The molecule has 0 heterocycles. The van der Waals surface area contributed by atoms with Crippen molar-refractivity contribution in [3.8, 4) is 11.5 Å². The van der Waals surface area contributed by atoms with Crippen LogP contribution in [0.1, 0.15) is 32.3 Å². The predicted octanol–water partition coefficient (Wildman–Crippen LogP) is 1.84. The lowest BCUT2D eigenvalue weighted by Crippen LogP contribution is -2.37. The summed E-state index contributed by atoms with van der Waals surface area (Å²) < 4.78 is 10.8. The van der Waals surface area contributed by atoms with E-state index >= 15 is 0 Å². The number of nitrogens with one attached hydrogen (secondary N) is 1. The molecule has 0 bridgehead atoms. The van der Waals surface area contributed by atoms with E-state index < -0.39 is 0 Å². The summed E-state index contributed by atoms with van der Waals surface area (Å²) >= 11 is 0. The first kappa shape index (κ1) is 16.3. The smallest absolute Gasteiger partial charge is 0.258 e. The average molecular weight is 280 g/mol. The van der Waals surface area contributed by atoms with Crippen molar-refractivity contribution < 1.29 is 14.3 Å². The van der Waals surface area contributed by atoms with Crippen molar-refractivity contribution in [2.45, 2.75) is 39.3 Å². The number of methoxy groups -OCH3 is 1. The van der Waals surface area contributed by atoms with Crippen LogP contribution in [0.4, 0.5) is 0 Å². The summed E-state index contributed by atoms with van der Waals surface area (Å²) in [5.74, 6) is 0.994. The van der Waals surface area contributed by atoms with E-state index in [0.29, 0.717) is 18.0 Å². The maximum atomic E-state index is 11.8. The zero-order valence-corrected chi connectivity index (χ0v) is 12.4. The molecule has 0 aromatic heterocycles. The second-order valence-electron chi connectivity index (χ2n) is 4.52. The van der Waals surface area contributed by atoms with Crippen LogP contribution in [0.3, 0.4) is 0 Å². The number of carbonyl (C=O) groups is 1. The number of hydrogen-bond donors (Lipinski definition) is 2. The summed E-state index contributed by atoms with van der Waals surface area (Å²) in [5.41, 5.74) is 6.49. The minimum absolute atomic E-state index is 0.0378. The molecular formula is C15H24N2O3. The van der Waals surface area contributed by atoms with E-state index in [2.05, 4.69) is 5.32 Å². The van der Waals surface area contributed by atoms with Gasteiger partial charge in [-0.2, -0.15) is 0 Å². The summed E-state index contributed by atoms with van der Waals surface area (Å²) in [6.07, 6.45) is 1.82. The Balaban J connectivity index is 2.67. The summed E-state index contributed by atoms with van der Waals surface area (Å²) in [4.78, 5) is 11.8. The van der Waals surface area contributed by atoms with Crippen LogP contribution in [0.5, 0.6) is 11.5 Å². The quantitative estimate of drug-likeness (QED) is 0.762. The SMILES string of the molecule is CCC(CC)NC(=O)COc1c(CN)cccc1OC. The number of carbonyl (C=O) groups excluding carboxylic acids is 1. The third kappa shape index (κ3) is 4.42. The fourth-order valence-electron chi connectivity index (χ4n) is 1.95. The molecule has 0 aliphatic heterocycles. The normalized spacial score (nSPS) is 10.4. The molecule has 3 N–H and O–H groups in total. The fraction of sp³-hybridized carbons (Fsp3) is 0.533. The zero-order valence-electron chi connectivity index (χ0n) is 12.4. The third-order valence-corrected chi connectivity index (χ3v) is 3.20. The number of nitrogens with two attached hydrogens (primary N) is 1. The molecule has 0 spiro atoms. The first-order chi connectivity index (χ1) is 9.65. The van der Waals surface area contributed by atoms with Crippen molar-refractivity contribution in [1.29, 1.82) is 0 Å². The summed E-state index contributed by atoms with van der Waals surface area (Å²) in [7, 11) is 1.56. The minimum Gasteiger partial charge on any atom is -0.493 e. The Hall–Kier alpha value is -1.75. The number of rotatable bonds is 8. The van der Waals surface area contributed by atoms with Gasteiger partial charge in [-0.1, -0.05) is 26.0 Å². The number of benzene rings is 1. The van der Waals surface area contributed by atoms with Gasteiger partial charge in [-0.3, -0.25) is 4.79 Å². The van der Waals surface area contributed by atoms with Crippen LogP contribution in [0.2, 0.25) is 0 Å². The third-order valence-electron chi connectivity index (χ3n) is 3.20. The van der Waals surface area contributed by atoms with Gasteiger partial charge in [0.05, 0.1) is 7.11 Å². The van der Waals surface area contributed by atoms with Crippen LogP contribution >= 0.6 is 0 Å². The maximum absolute atomic E-state index is 11.8. The molecule has 0 aliphatic carbocycles. The molecule has 0 atom stereocenters. The minimum atomic E-state index is -0.132. The van der Waals surface area contributed by atoms with Crippen LogP contribution in [0.15, 0.2) is 18.2 Å². The highest BCUT2D eigenvalue weighted by Crippen LogP contribution is 2.30. The molecule has 1 rings (SSSR count). The van der Waals surface area contributed by atoms with Crippen molar-refractivity contribution in [1.82, 2.24) is 5.32 Å². The molecule has 1 aromatic carbocycles. The first-order valence-electron chi connectivity index (χ1n) is 6.94. The highest BCUT2D eigenvalue weighted by atomic mass is 16.5. The average Bonchev–Trinajstić information content (AvgIpc) is 2.49. The van der Waals surface area contributed by atoms with Gasteiger partial charge in [0, 0.05) is 18.2 Å². The second-order valence-corrected chi connectivity index (χ2v) is 4.52. The molecule has 0 fully saturated rings. The molecule has 20 heavy (non-hydrogen) atoms. The molecule has 5 heteroatoms. The van der Waals surface area contributed by atoms with Gasteiger partial charge in [0.15, 0.2) is 18.1 Å². The predicted molar refractivity (Wildman–Crippen MR) is 78.9 cm³/mol. The molecule has 0 aliphatic rings. The van der Waals surface area contributed by atoms with Gasteiger partial charge in [0.1, 0.15) is 0 Å². The Morgan fingerprint density at radius 2 is 2.05 bits per heavy atom. The monoisotopic (exact) mass is 280 g/mol. The van der Waals surface area contributed by atoms with E-state index in [0.717, 1.165) is 18.4 Å². The Labute approximate surface area is 120 Å². The van der Waals surface area contributed by atoms with E-state index in [1.165, 1.54) is 0 Å². The van der Waals surface area contributed by atoms with E-state index in [1.807, 2.05) is 26.0 Å². The van der Waals surface area contributed by atoms with Gasteiger partial charge in [-0.25, -0.2) is 0 Å². The molecule has 0 radical (unpaired) electrons. The molecule has 1 amide bonds. The van der Waals surface area contributed by atoms with E-state index in [-0.39, 0.29) is 18.6 Å². The second kappa shape index (κ2) is 8.43. The number of amides is 1. The topological polar surface area (TPSA) is 73.6 Å². The molecule has 112 valence electrons. The molecule has 0 unspecified atom stereocenters. The molecule has 0 saturated carbocycles. The van der Waals surface area contributed by atoms with Crippen LogP contribution in [-0.4, -0.2) is 25.7 Å². The molecule has 1 aromatic rings. The molecule has 5 nitrogen and oxygen atoms in total. The lowest BCUT2D eigenvalue weighted by atomic mass is 10.2. The lowest BCUT2D eigenvalue weighted by molar-refractivity contribution is -0.123.